The lowest BCUT2D eigenvalue weighted by Gasteiger charge is -2.47. The Labute approximate surface area is 154 Å². The van der Waals surface area contributed by atoms with Crippen molar-refractivity contribution in [3.8, 4) is 0 Å². The first-order chi connectivity index (χ1) is 12.6. The number of likely N-dealkylation sites (tertiary alicyclic amines) is 1. The van der Waals surface area contributed by atoms with Gasteiger partial charge in [-0.15, -0.1) is 0 Å². The lowest BCUT2D eigenvalue weighted by molar-refractivity contribution is -0.0676. The summed E-state index contributed by atoms with van der Waals surface area (Å²) in [5.74, 6) is -0.542. The monoisotopic (exact) mass is 357 g/mol. The molecule has 2 aromatic carbocycles. The summed E-state index contributed by atoms with van der Waals surface area (Å²) < 4.78 is 0. The minimum absolute atomic E-state index is 0.0720. The summed E-state index contributed by atoms with van der Waals surface area (Å²) in [7, 11) is 0. The van der Waals surface area contributed by atoms with Gasteiger partial charge in [0.05, 0.1) is 31.0 Å². The molecular weight excluding hydrogens is 330 g/mol. The minimum Gasteiger partial charge on any atom is -0.395 e. The zero-order valence-corrected chi connectivity index (χ0v) is 14.8. The molecule has 0 amide bonds. The highest BCUT2D eigenvalue weighted by molar-refractivity contribution is 5.32. The van der Waals surface area contributed by atoms with Crippen LogP contribution in [0.1, 0.15) is 29.6 Å². The second kappa shape index (κ2) is 8.29. The highest BCUT2D eigenvalue weighted by atomic mass is 16.3. The largest absolute Gasteiger partial charge is 0.395 e. The second-order valence-electron chi connectivity index (χ2n) is 6.91. The molecule has 2 aromatic rings. The number of benzene rings is 2. The summed E-state index contributed by atoms with van der Waals surface area (Å²) in [4.78, 5) is 1.92. The molecule has 3 rings (SSSR count). The van der Waals surface area contributed by atoms with E-state index in [1.165, 1.54) is 0 Å². The van der Waals surface area contributed by atoms with Crippen LogP contribution >= 0.6 is 0 Å². The van der Waals surface area contributed by atoms with Crippen LogP contribution in [0, 0.1) is 0 Å². The van der Waals surface area contributed by atoms with Crippen LogP contribution in [-0.4, -0.2) is 63.3 Å². The van der Waals surface area contributed by atoms with E-state index in [1.807, 2.05) is 65.6 Å². The predicted molar refractivity (Wildman–Crippen MR) is 99.7 cm³/mol. The molecule has 1 aliphatic heterocycles. The van der Waals surface area contributed by atoms with Crippen molar-refractivity contribution >= 4 is 0 Å². The van der Waals surface area contributed by atoms with Gasteiger partial charge in [-0.3, -0.25) is 4.90 Å². The maximum atomic E-state index is 11.3. The van der Waals surface area contributed by atoms with Crippen LogP contribution in [0.3, 0.4) is 0 Å². The average Bonchev–Trinajstić information content (AvgIpc) is 3.00. The topological polar surface area (TPSA) is 84.2 Å². The summed E-state index contributed by atoms with van der Waals surface area (Å²) in [5, 5.41) is 42.1. The molecule has 0 aromatic heterocycles. The van der Waals surface area contributed by atoms with Crippen LogP contribution in [0.25, 0.3) is 0 Å². The number of β-amino-alcohol motifs (C(OH)–C–C–N with tert-alkyl or cyclic N) is 1. The van der Waals surface area contributed by atoms with E-state index >= 15 is 0 Å². The molecule has 4 unspecified atom stereocenters. The Hall–Kier alpha value is -1.76. The Balaban J connectivity index is 2.12. The van der Waals surface area contributed by atoms with Crippen LogP contribution in [0.15, 0.2) is 60.7 Å². The van der Waals surface area contributed by atoms with Crippen molar-refractivity contribution < 1.29 is 20.4 Å². The zero-order chi connectivity index (χ0) is 18.6. The lowest BCUT2D eigenvalue weighted by atomic mass is 9.71. The fraction of sp³-hybridized carbons (Fsp3) is 0.429. The smallest absolute Gasteiger partial charge is 0.0878 e. The van der Waals surface area contributed by atoms with Gasteiger partial charge in [0.2, 0.25) is 0 Å². The Morgan fingerprint density at radius 3 is 2.08 bits per heavy atom. The third-order valence-corrected chi connectivity index (χ3v) is 5.62. The third kappa shape index (κ3) is 3.29. The van der Waals surface area contributed by atoms with E-state index in [9.17, 15) is 20.4 Å². The molecule has 5 heteroatoms. The van der Waals surface area contributed by atoms with Gasteiger partial charge in [0.25, 0.3) is 0 Å². The highest BCUT2D eigenvalue weighted by Gasteiger charge is 2.55. The summed E-state index contributed by atoms with van der Waals surface area (Å²) in [6.07, 6.45) is -1.21. The molecule has 4 N–H and O–H groups in total. The number of hydrogen-bond donors (Lipinski definition) is 4. The molecule has 1 fully saturated rings. The Bertz CT molecular complexity index is 679. The predicted octanol–water partition coefficient (Wildman–Crippen LogP) is 1.29. The Morgan fingerprint density at radius 2 is 1.54 bits per heavy atom. The summed E-state index contributed by atoms with van der Waals surface area (Å²) in [6.45, 7) is 0.518. The first-order valence-electron chi connectivity index (χ1n) is 9.08. The first-order valence-corrected chi connectivity index (χ1v) is 9.08. The molecular formula is C21H27NO4. The molecule has 0 radical (unpaired) electrons. The summed E-state index contributed by atoms with van der Waals surface area (Å²) >= 11 is 0. The molecule has 1 heterocycles. The van der Waals surface area contributed by atoms with Crippen molar-refractivity contribution in [3.05, 3.63) is 71.8 Å². The van der Waals surface area contributed by atoms with Crippen LogP contribution in [0.2, 0.25) is 0 Å². The van der Waals surface area contributed by atoms with E-state index in [4.69, 9.17) is 0 Å². The molecule has 4 atom stereocenters. The molecule has 0 aliphatic carbocycles. The second-order valence-corrected chi connectivity index (χ2v) is 6.91. The highest BCUT2D eigenvalue weighted by Crippen LogP contribution is 2.47. The van der Waals surface area contributed by atoms with Crippen LogP contribution in [0.5, 0.6) is 0 Å². The van der Waals surface area contributed by atoms with Gasteiger partial charge in [-0.05, 0) is 17.5 Å². The molecule has 1 saturated heterocycles. The fourth-order valence-corrected chi connectivity index (χ4v) is 4.34. The van der Waals surface area contributed by atoms with E-state index < -0.39 is 23.7 Å². The molecule has 26 heavy (non-hydrogen) atoms. The van der Waals surface area contributed by atoms with E-state index in [0.717, 1.165) is 11.1 Å². The molecule has 0 bridgehead atoms. The van der Waals surface area contributed by atoms with Gasteiger partial charge in [0, 0.05) is 19.0 Å². The number of rotatable bonds is 7. The quantitative estimate of drug-likeness (QED) is 0.600. The van der Waals surface area contributed by atoms with E-state index in [-0.39, 0.29) is 13.2 Å². The van der Waals surface area contributed by atoms with Gasteiger partial charge < -0.3 is 20.4 Å². The number of aliphatic hydroxyl groups is 4. The Morgan fingerprint density at radius 1 is 0.962 bits per heavy atom. The van der Waals surface area contributed by atoms with E-state index in [0.29, 0.717) is 19.5 Å². The maximum absolute atomic E-state index is 11.3. The minimum atomic E-state index is -1.06. The first kappa shape index (κ1) is 19.0. The standard InChI is InChI=1S/C21H27NO4/c23-14-13-22-12-11-18(25)21(22,15-24)19(16-7-3-1-4-8-16)20(26)17-9-5-2-6-10-17/h1-10,18-20,23-26H,11-15H2. The lowest BCUT2D eigenvalue weighted by Crippen LogP contribution is -2.59. The summed E-state index contributed by atoms with van der Waals surface area (Å²) in [5.41, 5.74) is 0.526. The molecule has 5 nitrogen and oxygen atoms in total. The van der Waals surface area contributed by atoms with Gasteiger partial charge in [0.1, 0.15) is 0 Å². The third-order valence-electron chi connectivity index (χ3n) is 5.62. The summed E-state index contributed by atoms with van der Waals surface area (Å²) in [6, 6.07) is 18.8. The van der Waals surface area contributed by atoms with Crippen molar-refractivity contribution in [2.45, 2.75) is 30.1 Å². The SMILES string of the molecule is OCCN1CCC(O)C1(CO)C(c1ccccc1)C(O)c1ccccc1. The number of hydrogen-bond acceptors (Lipinski definition) is 5. The van der Waals surface area contributed by atoms with E-state index in [2.05, 4.69) is 0 Å². The molecule has 0 spiro atoms. The fourth-order valence-electron chi connectivity index (χ4n) is 4.34. The molecule has 0 saturated carbocycles. The van der Waals surface area contributed by atoms with Crippen molar-refractivity contribution in [1.82, 2.24) is 4.90 Å². The van der Waals surface area contributed by atoms with Crippen LogP contribution in [-0.2, 0) is 0 Å². The average molecular weight is 357 g/mol. The van der Waals surface area contributed by atoms with Crippen molar-refractivity contribution in [2.24, 2.45) is 0 Å². The van der Waals surface area contributed by atoms with Gasteiger partial charge in [-0.1, -0.05) is 60.7 Å². The van der Waals surface area contributed by atoms with Crippen molar-refractivity contribution in [2.75, 3.05) is 26.3 Å². The van der Waals surface area contributed by atoms with Crippen LogP contribution < -0.4 is 0 Å². The van der Waals surface area contributed by atoms with Crippen molar-refractivity contribution in [1.29, 1.82) is 0 Å². The van der Waals surface area contributed by atoms with Gasteiger partial charge in [-0.25, -0.2) is 0 Å². The van der Waals surface area contributed by atoms with Gasteiger partial charge in [-0.2, -0.15) is 0 Å². The number of aliphatic hydroxyl groups excluding tert-OH is 4. The normalized spacial score (nSPS) is 25.9. The zero-order valence-electron chi connectivity index (χ0n) is 14.8. The molecule has 1 aliphatic rings. The van der Waals surface area contributed by atoms with Crippen molar-refractivity contribution in [3.63, 3.8) is 0 Å². The van der Waals surface area contributed by atoms with Gasteiger partial charge in [0.15, 0.2) is 0 Å². The van der Waals surface area contributed by atoms with Gasteiger partial charge >= 0.3 is 0 Å². The maximum Gasteiger partial charge on any atom is 0.0878 e. The van der Waals surface area contributed by atoms with Crippen LogP contribution in [0.4, 0.5) is 0 Å². The molecule has 140 valence electrons. The van der Waals surface area contributed by atoms with E-state index in [1.54, 1.807) is 0 Å². The Kier molecular flexibility index (Phi) is 6.06. The number of nitrogens with zero attached hydrogens (tertiary/aromatic N) is 1.